The van der Waals surface area contributed by atoms with E-state index in [2.05, 4.69) is 10.6 Å². The van der Waals surface area contributed by atoms with E-state index in [0.717, 1.165) is 4.90 Å². The summed E-state index contributed by atoms with van der Waals surface area (Å²) in [5, 5.41) is 5.23. The largest absolute Gasteiger partial charge is 0.497 e. The van der Waals surface area contributed by atoms with E-state index in [9.17, 15) is 22.8 Å². The van der Waals surface area contributed by atoms with Crippen LogP contribution >= 0.6 is 0 Å². The fraction of sp³-hybridized carbons (Fsp3) is 0.348. The number of rotatable bonds is 8. The summed E-state index contributed by atoms with van der Waals surface area (Å²) in [6.07, 6.45) is 0. The Morgan fingerprint density at radius 3 is 2.24 bits per heavy atom. The fourth-order valence-electron chi connectivity index (χ4n) is 3.46. The number of imide groups is 1. The molecule has 0 saturated carbocycles. The van der Waals surface area contributed by atoms with Crippen molar-refractivity contribution in [1.82, 2.24) is 14.5 Å². The number of nitrogens with one attached hydrogen (secondary N) is 2. The van der Waals surface area contributed by atoms with Crippen LogP contribution in [0, 0.1) is 0 Å². The second-order valence-corrected chi connectivity index (χ2v) is 10.4. The van der Waals surface area contributed by atoms with Gasteiger partial charge < -0.3 is 15.4 Å². The number of urea groups is 1. The van der Waals surface area contributed by atoms with Gasteiger partial charge in [0.25, 0.3) is 5.91 Å². The number of ether oxygens (including phenoxy) is 1. The van der Waals surface area contributed by atoms with E-state index in [1.807, 2.05) is 0 Å². The van der Waals surface area contributed by atoms with Gasteiger partial charge in [0, 0.05) is 18.8 Å². The Labute approximate surface area is 198 Å². The maximum absolute atomic E-state index is 13.0. The molecule has 10 nitrogen and oxygen atoms in total. The van der Waals surface area contributed by atoms with Crippen LogP contribution < -0.4 is 15.4 Å². The minimum absolute atomic E-state index is 0.0889. The summed E-state index contributed by atoms with van der Waals surface area (Å²) in [6.45, 7) is 4.61. The van der Waals surface area contributed by atoms with Crippen molar-refractivity contribution in [2.24, 2.45) is 0 Å². The van der Waals surface area contributed by atoms with Gasteiger partial charge in [0.2, 0.25) is 15.9 Å². The number of hydrogen-bond donors (Lipinski definition) is 2. The highest BCUT2D eigenvalue weighted by Crippen LogP contribution is 2.30. The van der Waals surface area contributed by atoms with Crippen LogP contribution in [0.1, 0.15) is 26.3 Å². The van der Waals surface area contributed by atoms with Crippen molar-refractivity contribution in [3.8, 4) is 5.75 Å². The third kappa shape index (κ3) is 4.75. The molecule has 4 amide bonds. The van der Waals surface area contributed by atoms with Crippen molar-refractivity contribution in [2.45, 2.75) is 37.2 Å². The van der Waals surface area contributed by atoms with E-state index >= 15 is 0 Å². The summed E-state index contributed by atoms with van der Waals surface area (Å²) < 4.78 is 31.5. The van der Waals surface area contributed by atoms with Crippen LogP contribution in [0.2, 0.25) is 0 Å². The summed E-state index contributed by atoms with van der Waals surface area (Å²) in [7, 11) is -0.636. The molecular weight excluding hydrogens is 460 g/mol. The van der Waals surface area contributed by atoms with Gasteiger partial charge in [-0.05, 0) is 62.7 Å². The highest BCUT2D eigenvalue weighted by atomic mass is 32.2. The SMILES string of the molecule is COc1ccc([C@@]2(C)NC(=O)N(CC(=O)Nc3ccc(S(=O)(=O)N(C)C(C)C)cc3)C2=O)cc1. The smallest absolute Gasteiger partial charge is 0.325 e. The van der Waals surface area contributed by atoms with Gasteiger partial charge >= 0.3 is 6.03 Å². The molecule has 0 aromatic heterocycles. The molecule has 182 valence electrons. The number of anilines is 1. The average Bonchev–Trinajstić information content (AvgIpc) is 3.02. The molecule has 2 N–H and O–H groups in total. The molecule has 1 aliphatic heterocycles. The van der Waals surface area contributed by atoms with Crippen LogP contribution in [0.25, 0.3) is 0 Å². The van der Waals surface area contributed by atoms with E-state index in [-0.39, 0.29) is 10.9 Å². The average molecular weight is 489 g/mol. The van der Waals surface area contributed by atoms with Gasteiger partial charge in [0.15, 0.2) is 0 Å². The number of methoxy groups -OCH3 is 1. The second kappa shape index (κ2) is 9.43. The van der Waals surface area contributed by atoms with Crippen LogP contribution in [0.3, 0.4) is 0 Å². The molecule has 2 aromatic carbocycles. The number of benzene rings is 2. The molecule has 2 aromatic rings. The molecule has 3 rings (SSSR count). The lowest BCUT2D eigenvalue weighted by Gasteiger charge is -2.22. The van der Waals surface area contributed by atoms with Crippen molar-refractivity contribution in [3.05, 3.63) is 54.1 Å². The van der Waals surface area contributed by atoms with Crippen LogP contribution in [-0.2, 0) is 25.2 Å². The topological polar surface area (TPSA) is 125 Å². The maximum Gasteiger partial charge on any atom is 0.325 e. The van der Waals surface area contributed by atoms with Gasteiger partial charge in [0.05, 0.1) is 12.0 Å². The number of hydrogen-bond acceptors (Lipinski definition) is 6. The van der Waals surface area contributed by atoms with Crippen molar-refractivity contribution in [2.75, 3.05) is 26.0 Å². The van der Waals surface area contributed by atoms with Gasteiger partial charge in [-0.25, -0.2) is 13.2 Å². The zero-order valence-corrected chi connectivity index (χ0v) is 20.5. The van der Waals surface area contributed by atoms with E-state index in [4.69, 9.17) is 4.74 Å². The lowest BCUT2D eigenvalue weighted by Crippen LogP contribution is -2.42. The van der Waals surface area contributed by atoms with Gasteiger partial charge in [-0.1, -0.05) is 12.1 Å². The third-order valence-electron chi connectivity index (χ3n) is 5.79. The molecule has 34 heavy (non-hydrogen) atoms. The first-order valence-electron chi connectivity index (χ1n) is 10.6. The Morgan fingerprint density at radius 2 is 1.71 bits per heavy atom. The summed E-state index contributed by atoms with van der Waals surface area (Å²) in [4.78, 5) is 39.0. The van der Waals surface area contributed by atoms with Crippen molar-refractivity contribution in [1.29, 1.82) is 0 Å². The molecule has 0 aliphatic carbocycles. The number of amides is 4. The Hall–Kier alpha value is -3.44. The molecular formula is C23H28N4O6S. The molecule has 1 aliphatic rings. The van der Waals surface area contributed by atoms with Crippen LogP contribution in [-0.4, -0.2) is 62.2 Å². The molecule has 1 heterocycles. The molecule has 11 heteroatoms. The Bertz CT molecular complexity index is 1190. The summed E-state index contributed by atoms with van der Waals surface area (Å²) in [5.41, 5.74) is -0.430. The van der Waals surface area contributed by atoms with E-state index in [1.165, 1.54) is 42.7 Å². The van der Waals surface area contributed by atoms with Crippen LogP contribution in [0.4, 0.5) is 10.5 Å². The third-order valence-corrected chi connectivity index (χ3v) is 7.83. The standard InChI is InChI=1S/C23H28N4O6S/c1-15(2)26(4)34(31,32)19-12-8-17(9-13-19)24-20(28)14-27-21(29)23(3,25-22(27)30)16-6-10-18(33-5)11-7-16/h6-13,15H,14H2,1-5H3,(H,24,28)(H,25,30)/t23-/m1/s1. The highest BCUT2D eigenvalue weighted by molar-refractivity contribution is 7.89. The predicted molar refractivity (Wildman–Crippen MR) is 126 cm³/mol. The first-order valence-corrected chi connectivity index (χ1v) is 12.0. The van der Waals surface area contributed by atoms with Gasteiger partial charge in [-0.2, -0.15) is 4.31 Å². The maximum atomic E-state index is 13.0. The summed E-state index contributed by atoms with van der Waals surface area (Å²) in [6, 6.07) is 11.5. The summed E-state index contributed by atoms with van der Waals surface area (Å²) >= 11 is 0. The molecule has 1 fully saturated rings. The molecule has 1 saturated heterocycles. The van der Waals surface area contributed by atoms with Crippen molar-refractivity contribution in [3.63, 3.8) is 0 Å². The Morgan fingerprint density at radius 1 is 1.12 bits per heavy atom. The molecule has 0 unspecified atom stereocenters. The minimum Gasteiger partial charge on any atom is -0.497 e. The number of sulfonamides is 1. The molecule has 0 bridgehead atoms. The molecule has 0 radical (unpaired) electrons. The highest BCUT2D eigenvalue weighted by Gasteiger charge is 2.49. The van der Waals surface area contributed by atoms with Crippen LogP contribution in [0.5, 0.6) is 5.75 Å². The van der Waals surface area contributed by atoms with Crippen molar-refractivity contribution < 1.29 is 27.5 Å². The van der Waals surface area contributed by atoms with Crippen LogP contribution in [0.15, 0.2) is 53.4 Å². The number of carbonyl (C=O) groups excluding carboxylic acids is 3. The lowest BCUT2D eigenvalue weighted by molar-refractivity contribution is -0.133. The Kier molecular flexibility index (Phi) is 6.99. The summed E-state index contributed by atoms with van der Waals surface area (Å²) in [5.74, 6) is -0.552. The lowest BCUT2D eigenvalue weighted by atomic mass is 9.92. The fourth-order valence-corrected chi connectivity index (χ4v) is 4.83. The zero-order valence-electron chi connectivity index (χ0n) is 19.7. The zero-order chi connectivity index (χ0) is 25.3. The van der Waals surface area contributed by atoms with Gasteiger partial charge in [-0.15, -0.1) is 0 Å². The normalized spacial score (nSPS) is 18.4. The molecule has 1 atom stereocenters. The first kappa shape index (κ1) is 25.2. The van der Waals surface area contributed by atoms with Gasteiger partial charge in [-0.3, -0.25) is 14.5 Å². The first-order chi connectivity index (χ1) is 15.9. The molecule has 0 spiro atoms. The predicted octanol–water partition coefficient (Wildman–Crippen LogP) is 2.13. The van der Waals surface area contributed by atoms with Gasteiger partial charge in [0.1, 0.15) is 17.8 Å². The minimum atomic E-state index is -3.65. The van der Waals surface area contributed by atoms with E-state index in [0.29, 0.717) is 17.0 Å². The monoisotopic (exact) mass is 488 g/mol. The van der Waals surface area contributed by atoms with E-state index < -0.39 is 40.0 Å². The number of carbonyl (C=O) groups is 3. The second-order valence-electron chi connectivity index (χ2n) is 8.36. The Balaban J connectivity index is 1.69. The van der Waals surface area contributed by atoms with Crippen molar-refractivity contribution >= 4 is 33.6 Å². The quantitative estimate of drug-likeness (QED) is 0.549. The number of nitrogens with zero attached hydrogens (tertiary/aromatic N) is 2. The van der Waals surface area contributed by atoms with E-state index in [1.54, 1.807) is 45.0 Å².